The van der Waals surface area contributed by atoms with Gasteiger partial charge in [-0.15, -0.1) is 0 Å². The third-order valence-electron chi connectivity index (χ3n) is 4.09. The molecular formula is C16H24F2N2O. The predicted octanol–water partition coefficient (Wildman–Crippen LogP) is 2.85. The Balaban J connectivity index is 1.94. The zero-order valence-corrected chi connectivity index (χ0v) is 12.7. The van der Waals surface area contributed by atoms with E-state index < -0.39 is 11.6 Å². The molecule has 0 aromatic heterocycles. The van der Waals surface area contributed by atoms with Crippen LogP contribution in [0.2, 0.25) is 0 Å². The van der Waals surface area contributed by atoms with Crippen molar-refractivity contribution in [2.75, 3.05) is 19.7 Å². The van der Waals surface area contributed by atoms with Crippen molar-refractivity contribution in [3.05, 3.63) is 35.4 Å². The second kappa shape index (κ2) is 7.29. The summed E-state index contributed by atoms with van der Waals surface area (Å²) in [7, 11) is 0. The summed E-state index contributed by atoms with van der Waals surface area (Å²) in [6.45, 7) is 6.62. The second-order valence-electron chi connectivity index (χ2n) is 5.80. The lowest BCUT2D eigenvalue weighted by atomic mass is 10.0. The minimum Gasteiger partial charge on any atom is -0.376 e. The van der Waals surface area contributed by atoms with Crippen molar-refractivity contribution in [2.24, 2.45) is 5.73 Å². The van der Waals surface area contributed by atoms with E-state index in [0.29, 0.717) is 18.0 Å². The lowest BCUT2D eigenvalue weighted by Crippen LogP contribution is -2.49. The van der Waals surface area contributed by atoms with Gasteiger partial charge in [-0.1, -0.05) is 6.92 Å². The van der Waals surface area contributed by atoms with Gasteiger partial charge in [-0.05, 0) is 37.5 Å². The molecule has 1 saturated heterocycles. The Labute approximate surface area is 125 Å². The van der Waals surface area contributed by atoms with Crippen molar-refractivity contribution in [1.29, 1.82) is 0 Å². The molecule has 2 N–H and O–H groups in total. The van der Waals surface area contributed by atoms with Gasteiger partial charge in [0.2, 0.25) is 0 Å². The van der Waals surface area contributed by atoms with E-state index in [2.05, 4.69) is 18.7 Å². The first-order chi connectivity index (χ1) is 9.99. The summed E-state index contributed by atoms with van der Waals surface area (Å²) in [5.41, 5.74) is 6.60. The van der Waals surface area contributed by atoms with Gasteiger partial charge in [0.1, 0.15) is 11.6 Å². The maximum atomic E-state index is 13.2. The molecule has 1 heterocycles. The molecule has 0 aliphatic carbocycles. The molecule has 0 bridgehead atoms. The summed E-state index contributed by atoms with van der Waals surface area (Å²) in [5, 5.41) is 0. The Morgan fingerprint density at radius 3 is 2.62 bits per heavy atom. The SMILES string of the molecule is CCC1COC(C)CN1CCC(N)c1cc(F)cc(F)c1. The molecule has 2 rings (SSSR count). The van der Waals surface area contributed by atoms with E-state index in [1.165, 1.54) is 12.1 Å². The Kier molecular flexibility index (Phi) is 5.67. The smallest absolute Gasteiger partial charge is 0.126 e. The van der Waals surface area contributed by atoms with Crippen molar-refractivity contribution in [3.63, 3.8) is 0 Å². The van der Waals surface area contributed by atoms with Gasteiger partial charge in [0.25, 0.3) is 0 Å². The van der Waals surface area contributed by atoms with E-state index in [1.54, 1.807) is 0 Å². The summed E-state index contributed by atoms with van der Waals surface area (Å²) in [6, 6.07) is 3.54. The summed E-state index contributed by atoms with van der Waals surface area (Å²) in [4.78, 5) is 2.36. The van der Waals surface area contributed by atoms with Gasteiger partial charge < -0.3 is 10.5 Å². The number of rotatable bonds is 5. The first-order valence-corrected chi connectivity index (χ1v) is 7.56. The van der Waals surface area contributed by atoms with E-state index >= 15 is 0 Å². The second-order valence-corrected chi connectivity index (χ2v) is 5.80. The zero-order chi connectivity index (χ0) is 15.4. The highest BCUT2D eigenvalue weighted by molar-refractivity contribution is 5.21. The Bertz CT molecular complexity index is 449. The van der Waals surface area contributed by atoms with Crippen LogP contribution in [0, 0.1) is 11.6 Å². The van der Waals surface area contributed by atoms with Crippen molar-refractivity contribution >= 4 is 0 Å². The number of nitrogens with zero attached hydrogens (tertiary/aromatic N) is 1. The van der Waals surface area contributed by atoms with Crippen LogP contribution in [0.4, 0.5) is 8.78 Å². The molecule has 0 spiro atoms. The van der Waals surface area contributed by atoms with Crippen LogP contribution in [-0.4, -0.2) is 36.7 Å². The van der Waals surface area contributed by atoms with Gasteiger partial charge in [0, 0.05) is 31.2 Å². The molecule has 1 aromatic rings. The number of benzene rings is 1. The fourth-order valence-corrected chi connectivity index (χ4v) is 2.82. The highest BCUT2D eigenvalue weighted by atomic mass is 19.1. The fraction of sp³-hybridized carbons (Fsp3) is 0.625. The third-order valence-corrected chi connectivity index (χ3v) is 4.09. The lowest BCUT2D eigenvalue weighted by molar-refractivity contribution is -0.0564. The molecule has 1 aliphatic rings. The maximum Gasteiger partial charge on any atom is 0.126 e. The van der Waals surface area contributed by atoms with Gasteiger partial charge in [-0.3, -0.25) is 4.90 Å². The van der Waals surface area contributed by atoms with Crippen LogP contribution >= 0.6 is 0 Å². The molecule has 1 aliphatic heterocycles. The van der Waals surface area contributed by atoms with Gasteiger partial charge in [-0.2, -0.15) is 0 Å². The molecule has 0 radical (unpaired) electrons. The average molecular weight is 298 g/mol. The minimum absolute atomic E-state index is 0.218. The summed E-state index contributed by atoms with van der Waals surface area (Å²) >= 11 is 0. The van der Waals surface area contributed by atoms with E-state index in [1.807, 2.05) is 0 Å². The minimum atomic E-state index is -0.577. The summed E-state index contributed by atoms with van der Waals surface area (Å²) < 4.78 is 32.1. The van der Waals surface area contributed by atoms with E-state index in [9.17, 15) is 8.78 Å². The average Bonchev–Trinajstić information content (AvgIpc) is 2.43. The monoisotopic (exact) mass is 298 g/mol. The van der Waals surface area contributed by atoms with Crippen molar-refractivity contribution < 1.29 is 13.5 Å². The number of hydrogen-bond donors (Lipinski definition) is 1. The van der Waals surface area contributed by atoms with Gasteiger partial charge in [0.15, 0.2) is 0 Å². The molecule has 21 heavy (non-hydrogen) atoms. The molecular weight excluding hydrogens is 274 g/mol. The Morgan fingerprint density at radius 1 is 1.33 bits per heavy atom. The maximum absolute atomic E-state index is 13.2. The molecule has 118 valence electrons. The standard InChI is InChI=1S/C16H24F2N2O/c1-3-15-10-21-11(2)9-20(15)5-4-16(19)12-6-13(17)8-14(18)7-12/h6-8,11,15-16H,3-5,9-10,19H2,1-2H3. The lowest BCUT2D eigenvalue weighted by Gasteiger charge is -2.38. The van der Waals surface area contributed by atoms with Crippen molar-refractivity contribution in [1.82, 2.24) is 4.90 Å². The Morgan fingerprint density at radius 2 is 2.00 bits per heavy atom. The van der Waals surface area contributed by atoms with Crippen LogP contribution in [0.3, 0.4) is 0 Å². The van der Waals surface area contributed by atoms with Crippen LogP contribution in [0.15, 0.2) is 18.2 Å². The zero-order valence-electron chi connectivity index (χ0n) is 12.7. The summed E-state index contributed by atoms with van der Waals surface area (Å²) in [6.07, 6.45) is 1.92. The molecule has 5 heteroatoms. The molecule has 3 unspecified atom stereocenters. The fourth-order valence-electron chi connectivity index (χ4n) is 2.82. The highest BCUT2D eigenvalue weighted by Gasteiger charge is 2.25. The molecule has 1 fully saturated rings. The number of ether oxygens (including phenoxy) is 1. The number of halogens is 2. The quantitative estimate of drug-likeness (QED) is 0.908. The molecule has 1 aromatic carbocycles. The molecule has 0 saturated carbocycles. The van der Waals surface area contributed by atoms with Crippen LogP contribution in [-0.2, 0) is 4.74 Å². The molecule has 3 atom stereocenters. The van der Waals surface area contributed by atoms with E-state index in [4.69, 9.17) is 10.5 Å². The normalized spacial score (nSPS) is 25.0. The third kappa shape index (κ3) is 4.46. The highest BCUT2D eigenvalue weighted by Crippen LogP contribution is 2.20. The van der Waals surface area contributed by atoms with Crippen LogP contribution in [0.5, 0.6) is 0 Å². The van der Waals surface area contributed by atoms with Gasteiger partial charge in [-0.25, -0.2) is 8.78 Å². The predicted molar refractivity (Wildman–Crippen MR) is 79.0 cm³/mol. The molecule has 3 nitrogen and oxygen atoms in total. The number of hydrogen-bond acceptors (Lipinski definition) is 3. The van der Waals surface area contributed by atoms with E-state index in [-0.39, 0.29) is 12.1 Å². The van der Waals surface area contributed by atoms with Crippen LogP contribution < -0.4 is 5.73 Å². The first kappa shape index (κ1) is 16.3. The topological polar surface area (TPSA) is 38.5 Å². The van der Waals surface area contributed by atoms with Gasteiger partial charge >= 0.3 is 0 Å². The number of nitrogens with two attached hydrogens (primary N) is 1. The summed E-state index contributed by atoms with van der Waals surface area (Å²) in [5.74, 6) is -1.15. The number of morpholine rings is 1. The van der Waals surface area contributed by atoms with Crippen LogP contribution in [0.25, 0.3) is 0 Å². The first-order valence-electron chi connectivity index (χ1n) is 7.56. The largest absolute Gasteiger partial charge is 0.376 e. The van der Waals surface area contributed by atoms with Crippen molar-refractivity contribution in [3.8, 4) is 0 Å². The van der Waals surface area contributed by atoms with Crippen LogP contribution in [0.1, 0.15) is 38.3 Å². The molecule has 0 amide bonds. The van der Waals surface area contributed by atoms with Gasteiger partial charge in [0.05, 0.1) is 12.7 Å². The van der Waals surface area contributed by atoms with E-state index in [0.717, 1.165) is 32.2 Å². The van der Waals surface area contributed by atoms with Crippen molar-refractivity contribution in [2.45, 2.75) is 44.9 Å². The Hall–Kier alpha value is -1.04.